The minimum Gasteiger partial charge on any atom is -0.351 e. The Morgan fingerprint density at radius 3 is 2.35 bits per heavy atom. The van der Waals surface area contributed by atoms with Gasteiger partial charge in [0.15, 0.2) is 0 Å². The number of amides is 1. The quantitative estimate of drug-likeness (QED) is 0.802. The van der Waals surface area contributed by atoms with Crippen LogP contribution < -0.4 is 11.1 Å². The Morgan fingerprint density at radius 1 is 1.00 bits per heavy atom. The standard InChI is InChI=1S/C16H18N2OS/c17-10-13-6-8-15(9-7-13)20-12-16(19)18-11-14-4-2-1-3-5-14/h1-9H,10-12,17H2,(H,18,19). The molecule has 0 unspecified atom stereocenters. The lowest BCUT2D eigenvalue weighted by molar-refractivity contribution is -0.118. The van der Waals surface area contributed by atoms with E-state index in [1.807, 2.05) is 54.6 Å². The van der Waals surface area contributed by atoms with Crippen molar-refractivity contribution in [1.29, 1.82) is 0 Å². The first kappa shape index (κ1) is 14.6. The maximum absolute atomic E-state index is 11.8. The van der Waals surface area contributed by atoms with E-state index in [1.54, 1.807) is 0 Å². The third kappa shape index (κ3) is 4.72. The van der Waals surface area contributed by atoms with Crippen LogP contribution in [0.15, 0.2) is 59.5 Å². The van der Waals surface area contributed by atoms with Gasteiger partial charge < -0.3 is 11.1 Å². The topological polar surface area (TPSA) is 55.1 Å². The van der Waals surface area contributed by atoms with Gasteiger partial charge in [0.2, 0.25) is 5.91 Å². The summed E-state index contributed by atoms with van der Waals surface area (Å²) in [5.74, 6) is 0.469. The van der Waals surface area contributed by atoms with Crippen LogP contribution >= 0.6 is 11.8 Å². The molecule has 0 aliphatic rings. The van der Waals surface area contributed by atoms with Crippen molar-refractivity contribution in [3.63, 3.8) is 0 Å². The highest BCUT2D eigenvalue weighted by Gasteiger charge is 2.03. The van der Waals surface area contributed by atoms with Crippen LogP contribution in [0.4, 0.5) is 0 Å². The fourth-order valence-electron chi connectivity index (χ4n) is 1.72. The van der Waals surface area contributed by atoms with E-state index in [1.165, 1.54) is 11.8 Å². The van der Waals surface area contributed by atoms with Crippen molar-refractivity contribution in [3.8, 4) is 0 Å². The summed E-state index contributed by atoms with van der Waals surface area (Å²) in [6.07, 6.45) is 0. The number of carbonyl (C=O) groups excluding carboxylic acids is 1. The van der Waals surface area contributed by atoms with Crippen LogP contribution in [0.2, 0.25) is 0 Å². The number of hydrogen-bond acceptors (Lipinski definition) is 3. The molecular weight excluding hydrogens is 268 g/mol. The van der Waals surface area contributed by atoms with E-state index in [-0.39, 0.29) is 5.91 Å². The first-order valence-electron chi connectivity index (χ1n) is 6.50. The van der Waals surface area contributed by atoms with Crippen molar-refractivity contribution in [2.24, 2.45) is 5.73 Å². The summed E-state index contributed by atoms with van der Waals surface area (Å²) in [6.45, 7) is 1.12. The van der Waals surface area contributed by atoms with Crippen LogP contribution in [0.1, 0.15) is 11.1 Å². The van der Waals surface area contributed by atoms with Gasteiger partial charge in [-0.25, -0.2) is 0 Å². The van der Waals surface area contributed by atoms with Gasteiger partial charge in [0.05, 0.1) is 5.75 Å². The zero-order valence-electron chi connectivity index (χ0n) is 11.2. The monoisotopic (exact) mass is 286 g/mol. The third-order valence-electron chi connectivity index (χ3n) is 2.86. The summed E-state index contributed by atoms with van der Waals surface area (Å²) in [5, 5.41) is 2.91. The SMILES string of the molecule is NCc1ccc(SCC(=O)NCc2ccccc2)cc1. The summed E-state index contributed by atoms with van der Waals surface area (Å²) in [4.78, 5) is 12.8. The molecule has 0 atom stereocenters. The second kappa shape index (κ2) is 7.72. The number of carbonyl (C=O) groups is 1. The van der Waals surface area contributed by atoms with Gasteiger partial charge in [0.1, 0.15) is 0 Å². The van der Waals surface area contributed by atoms with E-state index in [9.17, 15) is 4.79 Å². The average molecular weight is 286 g/mol. The molecule has 0 spiro atoms. The van der Waals surface area contributed by atoms with Crippen LogP contribution in [0.5, 0.6) is 0 Å². The highest BCUT2D eigenvalue weighted by atomic mass is 32.2. The Morgan fingerprint density at radius 2 is 1.70 bits per heavy atom. The van der Waals surface area contributed by atoms with Crippen molar-refractivity contribution < 1.29 is 4.79 Å². The van der Waals surface area contributed by atoms with Gasteiger partial charge in [-0.3, -0.25) is 4.79 Å². The predicted molar refractivity (Wildman–Crippen MR) is 83.3 cm³/mol. The molecule has 0 radical (unpaired) electrons. The van der Waals surface area contributed by atoms with E-state index in [4.69, 9.17) is 5.73 Å². The first-order valence-corrected chi connectivity index (χ1v) is 7.49. The Bertz CT molecular complexity index is 540. The molecule has 3 N–H and O–H groups in total. The molecule has 104 valence electrons. The van der Waals surface area contributed by atoms with Crippen LogP contribution in [0.3, 0.4) is 0 Å². The van der Waals surface area contributed by atoms with Gasteiger partial charge in [-0.05, 0) is 23.3 Å². The van der Waals surface area contributed by atoms with Crippen molar-refractivity contribution in [1.82, 2.24) is 5.32 Å². The molecule has 4 heteroatoms. The molecule has 0 saturated heterocycles. The number of benzene rings is 2. The zero-order valence-corrected chi connectivity index (χ0v) is 12.0. The van der Waals surface area contributed by atoms with Gasteiger partial charge in [-0.15, -0.1) is 11.8 Å². The number of hydrogen-bond donors (Lipinski definition) is 2. The van der Waals surface area contributed by atoms with Gasteiger partial charge in [0.25, 0.3) is 0 Å². The second-order valence-electron chi connectivity index (χ2n) is 4.40. The zero-order chi connectivity index (χ0) is 14.2. The van der Waals surface area contributed by atoms with E-state index in [0.29, 0.717) is 18.8 Å². The molecule has 0 aromatic heterocycles. The number of nitrogens with one attached hydrogen (secondary N) is 1. The lowest BCUT2D eigenvalue weighted by atomic mass is 10.2. The van der Waals surface area contributed by atoms with Crippen molar-refractivity contribution in [2.45, 2.75) is 18.0 Å². The Hall–Kier alpha value is -1.78. The molecule has 0 fully saturated rings. The fourth-order valence-corrected chi connectivity index (χ4v) is 2.45. The first-order chi connectivity index (χ1) is 9.78. The number of rotatable bonds is 6. The molecule has 1 amide bonds. The number of nitrogens with two attached hydrogens (primary N) is 1. The van der Waals surface area contributed by atoms with Crippen molar-refractivity contribution in [3.05, 3.63) is 65.7 Å². The minimum atomic E-state index is 0.0433. The normalized spacial score (nSPS) is 10.2. The smallest absolute Gasteiger partial charge is 0.230 e. The van der Waals surface area contributed by atoms with Gasteiger partial charge in [-0.2, -0.15) is 0 Å². The highest BCUT2D eigenvalue weighted by molar-refractivity contribution is 8.00. The highest BCUT2D eigenvalue weighted by Crippen LogP contribution is 2.18. The van der Waals surface area contributed by atoms with Gasteiger partial charge >= 0.3 is 0 Å². The molecule has 2 rings (SSSR count). The Kier molecular flexibility index (Phi) is 5.65. The van der Waals surface area contributed by atoms with E-state index < -0.39 is 0 Å². The summed E-state index contributed by atoms with van der Waals surface area (Å²) in [7, 11) is 0. The summed E-state index contributed by atoms with van der Waals surface area (Å²) in [6, 6.07) is 17.9. The molecule has 0 aliphatic heterocycles. The maximum Gasteiger partial charge on any atom is 0.230 e. The molecular formula is C16H18N2OS. The maximum atomic E-state index is 11.8. The van der Waals surface area contributed by atoms with E-state index in [0.717, 1.165) is 16.0 Å². The second-order valence-corrected chi connectivity index (χ2v) is 5.45. The fraction of sp³-hybridized carbons (Fsp3) is 0.188. The lowest BCUT2D eigenvalue weighted by Gasteiger charge is -2.05. The largest absolute Gasteiger partial charge is 0.351 e. The van der Waals surface area contributed by atoms with E-state index in [2.05, 4.69) is 5.32 Å². The molecule has 2 aromatic carbocycles. The molecule has 3 nitrogen and oxygen atoms in total. The predicted octanol–water partition coefficient (Wildman–Crippen LogP) is 2.55. The molecule has 0 heterocycles. The number of thioether (sulfide) groups is 1. The van der Waals surface area contributed by atoms with Crippen LogP contribution in [-0.4, -0.2) is 11.7 Å². The minimum absolute atomic E-state index is 0.0433. The Balaban J connectivity index is 1.74. The van der Waals surface area contributed by atoms with E-state index >= 15 is 0 Å². The van der Waals surface area contributed by atoms with Crippen LogP contribution in [0.25, 0.3) is 0 Å². The van der Waals surface area contributed by atoms with Crippen molar-refractivity contribution in [2.75, 3.05) is 5.75 Å². The summed E-state index contributed by atoms with van der Waals surface area (Å²) in [5.41, 5.74) is 7.76. The lowest BCUT2D eigenvalue weighted by Crippen LogP contribution is -2.24. The third-order valence-corrected chi connectivity index (χ3v) is 3.87. The summed E-state index contributed by atoms with van der Waals surface area (Å²) >= 11 is 1.53. The summed E-state index contributed by atoms with van der Waals surface area (Å²) < 4.78 is 0. The molecule has 0 aliphatic carbocycles. The van der Waals surface area contributed by atoms with Gasteiger partial charge in [0, 0.05) is 18.0 Å². The van der Waals surface area contributed by atoms with Crippen LogP contribution in [-0.2, 0) is 17.9 Å². The van der Waals surface area contributed by atoms with Crippen LogP contribution in [0, 0.1) is 0 Å². The molecule has 0 saturated carbocycles. The Labute approximate surface area is 123 Å². The average Bonchev–Trinajstić information content (AvgIpc) is 2.52. The molecule has 20 heavy (non-hydrogen) atoms. The molecule has 2 aromatic rings. The van der Waals surface area contributed by atoms with Gasteiger partial charge in [-0.1, -0.05) is 42.5 Å². The van der Waals surface area contributed by atoms with Crippen molar-refractivity contribution >= 4 is 17.7 Å². The molecule has 0 bridgehead atoms.